The molecule has 0 spiro atoms. The van der Waals surface area contributed by atoms with E-state index in [-0.39, 0.29) is 0 Å². The second kappa shape index (κ2) is 4.53. The number of nitriles is 1. The first-order valence-electron chi connectivity index (χ1n) is 4.09. The van der Waals surface area contributed by atoms with Crippen molar-refractivity contribution in [2.75, 3.05) is 0 Å². The molecule has 0 aliphatic heterocycles. The second-order valence-electron chi connectivity index (χ2n) is 2.90. The molecule has 0 fully saturated rings. The Labute approximate surface area is 89.0 Å². The van der Waals surface area contributed by atoms with Gasteiger partial charge in [-0.25, -0.2) is 0 Å². The fourth-order valence-corrected chi connectivity index (χ4v) is 1.18. The Hall–Kier alpha value is -2.23. The Bertz CT molecular complexity index is 469. The maximum absolute atomic E-state index is 12.0. The lowest BCUT2D eigenvalue weighted by Gasteiger charge is -2.07. The molecule has 0 N–H and O–H groups in total. The number of rotatable bonds is 3. The van der Waals surface area contributed by atoms with Crippen molar-refractivity contribution in [3.05, 3.63) is 33.4 Å². The number of ether oxygens (including phenoxy) is 1. The summed E-state index contributed by atoms with van der Waals surface area (Å²) in [5.41, 5.74) is -0.685. The van der Waals surface area contributed by atoms with Gasteiger partial charge < -0.3 is 4.74 Å². The number of hydrogen-bond donors (Lipinski definition) is 0. The van der Waals surface area contributed by atoms with Crippen LogP contribution in [0.25, 0.3) is 0 Å². The van der Waals surface area contributed by atoms with Crippen LogP contribution in [0.15, 0.2) is 12.1 Å². The zero-order valence-corrected chi connectivity index (χ0v) is 8.11. The predicted octanol–water partition coefficient (Wildman–Crippen LogP) is 2.38. The number of nitrogens with zero attached hydrogens (tertiary/aromatic N) is 2. The average molecular weight is 228 g/mol. The number of alkyl halides is 2. The number of aryl methyl sites for hydroxylation is 1. The van der Waals surface area contributed by atoms with Gasteiger partial charge in [-0.05, 0) is 18.6 Å². The van der Waals surface area contributed by atoms with Crippen molar-refractivity contribution in [3.63, 3.8) is 0 Å². The van der Waals surface area contributed by atoms with Gasteiger partial charge in [-0.15, -0.1) is 0 Å². The highest BCUT2D eigenvalue weighted by Crippen LogP contribution is 2.30. The van der Waals surface area contributed by atoms with Crippen LogP contribution < -0.4 is 4.74 Å². The standard InChI is InChI=1S/C9H6F2N2O3/c1-5-2-7(13(14)15)6(4-12)8(3-5)16-9(10)11/h2-3,9H,1H3. The van der Waals surface area contributed by atoms with Gasteiger partial charge in [-0.3, -0.25) is 10.1 Å². The summed E-state index contributed by atoms with van der Waals surface area (Å²) in [6, 6.07) is 3.75. The van der Waals surface area contributed by atoms with E-state index < -0.39 is 28.5 Å². The fourth-order valence-electron chi connectivity index (χ4n) is 1.18. The molecule has 1 rings (SSSR count). The van der Waals surface area contributed by atoms with Gasteiger partial charge in [0.15, 0.2) is 11.3 Å². The smallest absolute Gasteiger partial charge is 0.387 e. The summed E-state index contributed by atoms with van der Waals surface area (Å²) in [5, 5.41) is 19.3. The zero-order valence-electron chi connectivity index (χ0n) is 8.11. The third-order valence-electron chi connectivity index (χ3n) is 1.75. The van der Waals surface area contributed by atoms with Crippen LogP contribution in [-0.2, 0) is 0 Å². The topological polar surface area (TPSA) is 76.2 Å². The summed E-state index contributed by atoms with van der Waals surface area (Å²) in [5.74, 6) is -0.482. The molecule has 0 radical (unpaired) electrons. The van der Waals surface area contributed by atoms with Gasteiger partial charge >= 0.3 is 6.61 Å². The lowest BCUT2D eigenvalue weighted by atomic mass is 10.1. The molecular weight excluding hydrogens is 222 g/mol. The van der Waals surface area contributed by atoms with Gasteiger partial charge in [0, 0.05) is 6.07 Å². The van der Waals surface area contributed by atoms with Gasteiger partial charge in [0.2, 0.25) is 0 Å². The highest BCUT2D eigenvalue weighted by Gasteiger charge is 2.21. The number of nitro benzene ring substituents is 1. The van der Waals surface area contributed by atoms with Crippen molar-refractivity contribution in [2.45, 2.75) is 13.5 Å². The fraction of sp³-hybridized carbons (Fsp3) is 0.222. The molecule has 0 amide bonds. The van der Waals surface area contributed by atoms with Crippen LogP contribution in [0.3, 0.4) is 0 Å². The van der Waals surface area contributed by atoms with E-state index in [1.165, 1.54) is 13.0 Å². The molecule has 0 atom stereocenters. The van der Waals surface area contributed by atoms with E-state index in [2.05, 4.69) is 4.74 Å². The van der Waals surface area contributed by atoms with Crippen molar-refractivity contribution >= 4 is 5.69 Å². The van der Waals surface area contributed by atoms with Crippen LogP contribution in [-0.4, -0.2) is 11.5 Å². The zero-order chi connectivity index (χ0) is 12.3. The Kier molecular flexibility index (Phi) is 3.35. The third kappa shape index (κ3) is 2.42. The molecule has 5 nitrogen and oxygen atoms in total. The molecule has 1 aromatic carbocycles. The maximum Gasteiger partial charge on any atom is 0.387 e. The minimum atomic E-state index is -3.13. The summed E-state index contributed by atoms with van der Waals surface area (Å²) in [7, 11) is 0. The molecule has 84 valence electrons. The third-order valence-corrected chi connectivity index (χ3v) is 1.75. The van der Waals surface area contributed by atoms with Crippen molar-refractivity contribution in [1.82, 2.24) is 0 Å². The largest absolute Gasteiger partial charge is 0.433 e. The molecule has 16 heavy (non-hydrogen) atoms. The Morgan fingerprint density at radius 1 is 1.56 bits per heavy atom. The molecule has 0 saturated heterocycles. The molecule has 0 saturated carbocycles. The first-order valence-corrected chi connectivity index (χ1v) is 4.09. The quantitative estimate of drug-likeness (QED) is 0.587. The van der Waals surface area contributed by atoms with E-state index in [9.17, 15) is 18.9 Å². The first-order chi connectivity index (χ1) is 7.45. The van der Waals surface area contributed by atoms with Crippen molar-refractivity contribution in [1.29, 1.82) is 5.26 Å². The summed E-state index contributed by atoms with van der Waals surface area (Å²) in [6.45, 7) is -1.65. The minimum Gasteiger partial charge on any atom is -0.433 e. The predicted molar refractivity (Wildman–Crippen MR) is 49.2 cm³/mol. The number of halogens is 2. The number of benzene rings is 1. The highest BCUT2D eigenvalue weighted by molar-refractivity contribution is 5.58. The SMILES string of the molecule is Cc1cc(OC(F)F)c(C#N)c([N+](=O)[O-])c1. The van der Waals surface area contributed by atoms with Crippen molar-refractivity contribution < 1.29 is 18.4 Å². The van der Waals surface area contributed by atoms with Crippen LogP contribution in [0, 0.1) is 28.4 Å². The lowest BCUT2D eigenvalue weighted by Crippen LogP contribution is -2.05. The first kappa shape index (κ1) is 11.8. The van der Waals surface area contributed by atoms with E-state index in [0.717, 1.165) is 12.1 Å². The molecule has 7 heteroatoms. The van der Waals surface area contributed by atoms with E-state index in [1.54, 1.807) is 0 Å². The monoisotopic (exact) mass is 228 g/mol. The van der Waals surface area contributed by atoms with Gasteiger partial charge in [0.25, 0.3) is 5.69 Å². The molecule has 1 aromatic rings. The van der Waals surface area contributed by atoms with Crippen LogP contribution >= 0.6 is 0 Å². The van der Waals surface area contributed by atoms with Crippen LogP contribution in [0.4, 0.5) is 14.5 Å². The van der Waals surface area contributed by atoms with E-state index in [4.69, 9.17) is 5.26 Å². The number of hydrogen-bond acceptors (Lipinski definition) is 4. The molecule has 0 bridgehead atoms. The summed E-state index contributed by atoms with van der Waals surface area (Å²) in [4.78, 5) is 9.77. The van der Waals surface area contributed by atoms with E-state index in [0.29, 0.717) is 5.56 Å². The number of nitro groups is 1. The normalized spacial score (nSPS) is 9.94. The van der Waals surface area contributed by atoms with Crippen LogP contribution in [0.5, 0.6) is 5.75 Å². The molecule has 0 heterocycles. The summed E-state index contributed by atoms with van der Waals surface area (Å²) < 4.78 is 28.0. The molecule has 0 unspecified atom stereocenters. The van der Waals surface area contributed by atoms with Gasteiger partial charge in [0.1, 0.15) is 6.07 Å². The Morgan fingerprint density at radius 2 is 2.19 bits per heavy atom. The highest BCUT2D eigenvalue weighted by atomic mass is 19.3. The van der Waals surface area contributed by atoms with Gasteiger partial charge in [-0.2, -0.15) is 14.0 Å². The van der Waals surface area contributed by atoms with E-state index in [1.807, 2.05) is 0 Å². The maximum atomic E-state index is 12.0. The summed E-state index contributed by atoms with van der Waals surface area (Å²) in [6.07, 6.45) is 0. The van der Waals surface area contributed by atoms with Crippen molar-refractivity contribution in [3.8, 4) is 11.8 Å². The van der Waals surface area contributed by atoms with Gasteiger partial charge in [0.05, 0.1) is 4.92 Å². The Morgan fingerprint density at radius 3 is 2.62 bits per heavy atom. The summed E-state index contributed by atoms with van der Waals surface area (Å²) >= 11 is 0. The molecule has 0 aliphatic rings. The Balaban J connectivity index is 3.37. The lowest BCUT2D eigenvalue weighted by molar-refractivity contribution is -0.385. The van der Waals surface area contributed by atoms with Gasteiger partial charge in [-0.1, -0.05) is 0 Å². The van der Waals surface area contributed by atoms with E-state index >= 15 is 0 Å². The second-order valence-corrected chi connectivity index (χ2v) is 2.90. The molecule has 0 aromatic heterocycles. The minimum absolute atomic E-state index is 0.362. The average Bonchev–Trinajstić information content (AvgIpc) is 2.15. The molecular formula is C9H6F2N2O3. The van der Waals surface area contributed by atoms with Crippen LogP contribution in [0.2, 0.25) is 0 Å². The molecule has 0 aliphatic carbocycles. The van der Waals surface area contributed by atoms with Crippen molar-refractivity contribution in [2.24, 2.45) is 0 Å². The van der Waals surface area contributed by atoms with Crippen LogP contribution in [0.1, 0.15) is 11.1 Å².